The van der Waals surface area contributed by atoms with E-state index in [1.807, 2.05) is 6.21 Å². The van der Waals surface area contributed by atoms with Gasteiger partial charge in [0.1, 0.15) is 0 Å². The van der Waals surface area contributed by atoms with E-state index in [1.165, 1.54) is 99.4 Å². The van der Waals surface area contributed by atoms with Crippen LogP contribution in [0.5, 0.6) is 0 Å². The quantitative estimate of drug-likeness (QED) is 0.155. The van der Waals surface area contributed by atoms with Gasteiger partial charge in [0.15, 0.2) is 0 Å². The summed E-state index contributed by atoms with van der Waals surface area (Å²) in [6, 6.07) is 57.7. The molecule has 4 heteroatoms. The van der Waals surface area contributed by atoms with Crippen molar-refractivity contribution in [3.8, 4) is 33.6 Å². The molecular weight excluding hydrogens is 669 g/mol. The predicted molar refractivity (Wildman–Crippen MR) is 233 cm³/mol. The number of fused-ring (bicyclic) bond motifs is 9. The maximum Gasteiger partial charge on any atom is 0.0651 e. The topological polar surface area (TPSA) is 34.6 Å². The Morgan fingerprint density at radius 1 is 0.509 bits per heavy atom. The monoisotopic (exact) mass is 702 g/mol. The number of aromatic nitrogens is 2. The standard InChI is InChI=1S/C51H34N4/c1-52-26-24-40-39-20-16-33(28-43(39)41-25-27-53-32-47(40)41)35-18-22-50-45(30-35)46-31-36(19-23-51(46)55(50)38-12-6-3-7-13-38)34-17-21-49-44(29-34)42-14-8-9-15-48(42)54(49)37-10-4-2-5-11-37/h2-31H,1,32H2/b26-24-. The second-order valence-corrected chi connectivity index (χ2v) is 14.3. The summed E-state index contributed by atoms with van der Waals surface area (Å²) in [5.41, 5.74) is 18.0. The molecule has 0 radical (unpaired) electrons. The fraction of sp³-hybridized carbons (Fsp3) is 0.0196. The average molecular weight is 703 g/mol. The van der Waals surface area contributed by atoms with Crippen molar-refractivity contribution in [2.45, 2.75) is 0 Å². The van der Waals surface area contributed by atoms with Crippen molar-refractivity contribution in [1.82, 2.24) is 9.13 Å². The van der Waals surface area contributed by atoms with Crippen molar-refractivity contribution >= 4 is 67.7 Å². The van der Waals surface area contributed by atoms with Gasteiger partial charge in [-0.3, -0.25) is 9.98 Å². The maximum absolute atomic E-state index is 4.56. The van der Waals surface area contributed by atoms with Gasteiger partial charge in [-0.2, -0.15) is 0 Å². The van der Waals surface area contributed by atoms with Gasteiger partial charge < -0.3 is 9.13 Å². The Morgan fingerprint density at radius 3 is 1.62 bits per heavy atom. The van der Waals surface area contributed by atoms with E-state index in [2.05, 4.69) is 196 Å². The lowest BCUT2D eigenvalue weighted by molar-refractivity contribution is 1.18. The number of hydrogen-bond donors (Lipinski definition) is 0. The molecule has 0 fully saturated rings. The largest absolute Gasteiger partial charge is 0.309 e. The summed E-state index contributed by atoms with van der Waals surface area (Å²) in [5.74, 6) is 0. The molecule has 0 saturated carbocycles. The molecule has 1 aliphatic carbocycles. The third kappa shape index (κ3) is 4.85. The molecular formula is C51H34N4. The van der Waals surface area contributed by atoms with Crippen LogP contribution in [0.1, 0.15) is 11.1 Å². The van der Waals surface area contributed by atoms with Crippen LogP contribution in [-0.2, 0) is 0 Å². The Hall–Kier alpha value is -7.30. The van der Waals surface area contributed by atoms with Gasteiger partial charge in [0.2, 0.25) is 0 Å². The number of aliphatic imine (C=N–C) groups is 2. The summed E-state index contributed by atoms with van der Waals surface area (Å²) in [4.78, 5) is 8.55. The van der Waals surface area contributed by atoms with Gasteiger partial charge in [0.25, 0.3) is 0 Å². The van der Waals surface area contributed by atoms with Crippen molar-refractivity contribution < 1.29 is 0 Å². The minimum absolute atomic E-state index is 0.669. The second kappa shape index (κ2) is 12.4. The molecule has 0 N–H and O–H groups in total. The average Bonchev–Trinajstić information content (AvgIpc) is 3.88. The zero-order valence-corrected chi connectivity index (χ0v) is 30.0. The molecule has 3 heterocycles. The van der Waals surface area contributed by atoms with E-state index in [-0.39, 0.29) is 0 Å². The molecule has 2 aromatic heterocycles. The van der Waals surface area contributed by atoms with Gasteiger partial charge in [-0.25, -0.2) is 0 Å². The first kappa shape index (κ1) is 31.2. The molecule has 0 amide bonds. The van der Waals surface area contributed by atoms with E-state index in [1.54, 1.807) is 6.20 Å². The van der Waals surface area contributed by atoms with Gasteiger partial charge in [0, 0.05) is 45.3 Å². The van der Waals surface area contributed by atoms with Crippen molar-refractivity contribution in [2.24, 2.45) is 9.98 Å². The first-order chi connectivity index (χ1) is 27.2. The molecule has 0 unspecified atom stereocenters. The molecule has 55 heavy (non-hydrogen) atoms. The summed E-state index contributed by atoms with van der Waals surface area (Å²) in [5, 5.41) is 4.96. The van der Waals surface area contributed by atoms with Crippen LogP contribution in [0, 0.1) is 0 Å². The molecule has 7 aromatic carbocycles. The molecule has 0 spiro atoms. The van der Waals surface area contributed by atoms with E-state index in [4.69, 9.17) is 0 Å². The van der Waals surface area contributed by atoms with Gasteiger partial charge in [-0.05, 0) is 142 Å². The Kier molecular flexibility index (Phi) is 7.04. The van der Waals surface area contributed by atoms with Crippen LogP contribution in [0.4, 0.5) is 0 Å². The van der Waals surface area contributed by atoms with Crippen LogP contribution in [0.2, 0.25) is 0 Å². The Bertz CT molecular complexity index is 3170. The predicted octanol–water partition coefficient (Wildman–Crippen LogP) is 12.7. The smallest absolute Gasteiger partial charge is 0.0651 e. The number of benzene rings is 7. The molecule has 0 atom stereocenters. The van der Waals surface area contributed by atoms with Crippen LogP contribution in [-0.4, -0.2) is 28.6 Å². The molecule has 2 aliphatic rings. The molecule has 9 aromatic rings. The zero-order valence-electron chi connectivity index (χ0n) is 30.0. The minimum atomic E-state index is 0.669. The van der Waals surface area contributed by atoms with Crippen molar-refractivity contribution in [3.63, 3.8) is 0 Å². The van der Waals surface area contributed by atoms with Gasteiger partial charge in [-0.15, -0.1) is 0 Å². The van der Waals surface area contributed by atoms with E-state index in [0.29, 0.717) is 6.54 Å². The lowest BCUT2D eigenvalue weighted by Gasteiger charge is -2.10. The van der Waals surface area contributed by atoms with E-state index >= 15 is 0 Å². The molecule has 11 rings (SSSR count). The second-order valence-electron chi connectivity index (χ2n) is 14.3. The summed E-state index contributed by atoms with van der Waals surface area (Å²) >= 11 is 0. The summed E-state index contributed by atoms with van der Waals surface area (Å²) in [7, 11) is 0. The number of allylic oxidation sites excluding steroid dienone is 3. The third-order valence-corrected chi connectivity index (χ3v) is 11.3. The fourth-order valence-corrected chi connectivity index (χ4v) is 8.85. The van der Waals surface area contributed by atoms with E-state index in [0.717, 1.165) is 5.69 Å². The van der Waals surface area contributed by atoms with Gasteiger partial charge in [0.05, 0.1) is 28.6 Å². The maximum atomic E-state index is 4.56. The minimum Gasteiger partial charge on any atom is -0.309 e. The SMILES string of the molecule is C=N/C=C\C1=C2CN=CC=C2c2cc(-c3ccc4c(c3)c3cc(-c5ccc6c(c5)c5ccccc5n6-c5ccccc5)ccc3n4-c3ccccc3)ccc21. The Balaban J connectivity index is 1.09. The van der Waals surface area contributed by atoms with Crippen LogP contribution in [0.15, 0.2) is 192 Å². The van der Waals surface area contributed by atoms with Crippen LogP contribution in [0.25, 0.3) is 88.4 Å². The highest BCUT2D eigenvalue weighted by Gasteiger charge is 2.26. The highest BCUT2D eigenvalue weighted by atomic mass is 15.0. The third-order valence-electron chi connectivity index (χ3n) is 11.3. The lowest BCUT2D eigenvalue weighted by atomic mass is 9.95. The van der Waals surface area contributed by atoms with E-state index < -0.39 is 0 Å². The zero-order chi connectivity index (χ0) is 36.5. The summed E-state index contributed by atoms with van der Waals surface area (Å²) in [6.45, 7) is 4.32. The first-order valence-corrected chi connectivity index (χ1v) is 18.7. The Labute approximate surface area is 318 Å². The summed E-state index contributed by atoms with van der Waals surface area (Å²) < 4.78 is 4.77. The van der Waals surface area contributed by atoms with Crippen molar-refractivity contribution in [3.05, 3.63) is 193 Å². The molecule has 1 aliphatic heterocycles. The van der Waals surface area contributed by atoms with Crippen LogP contribution in [0.3, 0.4) is 0 Å². The highest BCUT2D eigenvalue weighted by molar-refractivity contribution is 6.14. The molecule has 0 bridgehead atoms. The van der Waals surface area contributed by atoms with Crippen LogP contribution >= 0.6 is 0 Å². The molecule has 258 valence electrons. The van der Waals surface area contributed by atoms with Gasteiger partial charge in [-0.1, -0.05) is 84.9 Å². The van der Waals surface area contributed by atoms with E-state index in [9.17, 15) is 0 Å². The van der Waals surface area contributed by atoms with Gasteiger partial charge >= 0.3 is 0 Å². The lowest BCUT2D eigenvalue weighted by Crippen LogP contribution is -1.96. The van der Waals surface area contributed by atoms with Crippen molar-refractivity contribution in [2.75, 3.05) is 6.54 Å². The number of rotatable bonds is 6. The Morgan fingerprint density at radius 2 is 1.02 bits per heavy atom. The summed E-state index contributed by atoms with van der Waals surface area (Å²) in [6.07, 6.45) is 7.89. The molecule has 0 saturated heterocycles. The highest BCUT2D eigenvalue weighted by Crippen LogP contribution is 2.45. The number of para-hydroxylation sites is 3. The number of nitrogens with zero attached hydrogens (tertiary/aromatic N) is 4. The normalized spacial score (nSPS) is 13.7. The molecule has 4 nitrogen and oxygen atoms in total. The fourth-order valence-electron chi connectivity index (χ4n) is 8.85. The van der Waals surface area contributed by atoms with Crippen molar-refractivity contribution in [1.29, 1.82) is 0 Å². The number of hydrogen-bond acceptors (Lipinski definition) is 2. The van der Waals surface area contributed by atoms with Crippen LogP contribution < -0.4 is 0 Å². The number of dihydropyridines is 1. The first-order valence-electron chi connectivity index (χ1n) is 18.7.